The molecule has 3 nitrogen and oxygen atoms in total. The molecule has 0 aromatic heterocycles. The summed E-state index contributed by atoms with van der Waals surface area (Å²) in [5.74, 6) is 0. The lowest BCUT2D eigenvalue weighted by Gasteiger charge is -2.24. The van der Waals surface area contributed by atoms with Crippen molar-refractivity contribution in [2.75, 3.05) is 0 Å². The highest BCUT2D eigenvalue weighted by atomic mass is 35.5. The molecule has 0 aliphatic heterocycles. The van der Waals surface area contributed by atoms with Crippen molar-refractivity contribution >= 4 is 44.8 Å². The van der Waals surface area contributed by atoms with E-state index >= 15 is 0 Å². The van der Waals surface area contributed by atoms with Crippen LogP contribution in [0.4, 0.5) is 0 Å². The van der Waals surface area contributed by atoms with Gasteiger partial charge in [0.15, 0.2) is 0 Å². The van der Waals surface area contributed by atoms with Crippen LogP contribution < -0.4 is 4.72 Å². The Hall–Kier alpha value is -1.56. The number of benzene rings is 3. The number of nitrogens with one attached hydrogen (secondary N) is 1. The highest BCUT2D eigenvalue weighted by molar-refractivity contribution is 7.89. The van der Waals surface area contributed by atoms with Crippen LogP contribution in [-0.2, 0) is 10.0 Å². The lowest BCUT2D eigenvalue weighted by molar-refractivity contribution is 0.549. The monoisotopic (exact) mass is 439 g/mol. The van der Waals surface area contributed by atoms with Crippen molar-refractivity contribution in [3.63, 3.8) is 0 Å². The zero-order chi connectivity index (χ0) is 19.4. The molecule has 27 heavy (non-hydrogen) atoms. The maximum absolute atomic E-state index is 13.0. The van der Waals surface area contributed by atoms with Crippen molar-refractivity contribution in [3.8, 4) is 0 Å². The zero-order valence-electron chi connectivity index (χ0n) is 14.0. The van der Waals surface area contributed by atoms with E-state index in [4.69, 9.17) is 34.8 Å². The lowest BCUT2D eigenvalue weighted by atomic mass is 9.99. The molecule has 0 aliphatic carbocycles. The molecular formula is C20H16Cl3NO2S. The SMILES string of the molecule is O=S(=O)(N[C@@H](c1ccccc1)[C@H](Cl)c1ccccc1)c1ccc(Cl)cc1Cl. The van der Waals surface area contributed by atoms with Gasteiger partial charge in [0.2, 0.25) is 10.0 Å². The van der Waals surface area contributed by atoms with E-state index in [2.05, 4.69) is 4.72 Å². The normalized spacial score (nSPS) is 13.9. The summed E-state index contributed by atoms with van der Waals surface area (Å²) in [7, 11) is -3.93. The first kappa shape index (κ1) is 20.2. The first-order chi connectivity index (χ1) is 12.9. The van der Waals surface area contributed by atoms with E-state index in [9.17, 15) is 8.42 Å². The van der Waals surface area contributed by atoms with Crippen LogP contribution in [0, 0.1) is 0 Å². The summed E-state index contributed by atoms with van der Waals surface area (Å²) in [5, 5.41) is -0.208. The molecule has 0 aliphatic rings. The Labute approximate surface area is 173 Å². The molecule has 0 fully saturated rings. The number of alkyl halides is 1. The molecule has 3 rings (SSSR count). The third-order valence-corrected chi connectivity index (χ3v) is 6.70. The minimum absolute atomic E-state index is 0.0487. The Morgan fingerprint density at radius 2 is 1.33 bits per heavy atom. The average Bonchev–Trinajstić information content (AvgIpc) is 2.67. The summed E-state index contributed by atoms with van der Waals surface area (Å²) < 4.78 is 28.7. The molecule has 0 unspecified atom stereocenters. The maximum atomic E-state index is 13.0. The number of halogens is 3. The Morgan fingerprint density at radius 1 is 0.778 bits per heavy atom. The number of hydrogen-bond donors (Lipinski definition) is 1. The fourth-order valence-corrected chi connectivity index (χ4v) is 5.15. The minimum Gasteiger partial charge on any atom is -0.207 e. The topological polar surface area (TPSA) is 46.2 Å². The van der Waals surface area contributed by atoms with Gasteiger partial charge in [0.1, 0.15) is 4.90 Å². The maximum Gasteiger partial charge on any atom is 0.242 e. The van der Waals surface area contributed by atoms with Crippen molar-refractivity contribution < 1.29 is 8.42 Å². The van der Waals surface area contributed by atoms with E-state index in [1.54, 1.807) is 0 Å². The van der Waals surface area contributed by atoms with Gasteiger partial charge >= 0.3 is 0 Å². The smallest absolute Gasteiger partial charge is 0.207 e. The summed E-state index contributed by atoms with van der Waals surface area (Å²) in [6.07, 6.45) is 0. The molecular weight excluding hydrogens is 425 g/mol. The number of hydrogen-bond acceptors (Lipinski definition) is 2. The molecule has 0 bridgehead atoms. The molecule has 7 heteroatoms. The van der Waals surface area contributed by atoms with Crippen LogP contribution >= 0.6 is 34.8 Å². The number of sulfonamides is 1. The van der Waals surface area contributed by atoms with Crippen LogP contribution in [-0.4, -0.2) is 8.42 Å². The lowest BCUT2D eigenvalue weighted by Crippen LogP contribution is -2.31. The predicted molar refractivity (Wildman–Crippen MR) is 111 cm³/mol. The van der Waals surface area contributed by atoms with Gasteiger partial charge in [-0.1, -0.05) is 83.9 Å². The molecule has 3 aromatic carbocycles. The second-order valence-electron chi connectivity index (χ2n) is 5.90. The van der Waals surface area contributed by atoms with E-state index in [1.165, 1.54) is 18.2 Å². The molecule has 0 spiro atoms. The predicted octanol–water partition coefficient (Wildman–Crippen LogP) is 5.99. The van der Waals surface area contributed by atoms with E-state index in [1.807, 2.05) is 60.7 Å². The van der Waals surface area contributed by atoms with Gasteiger partial charge in [0.05, 0.1) is 16.4 Å². The second kappa shape index (κ2) is 8.63. The van der Waals surface area contributed by atoms with Gasteiger partial charge in [0.25, 0.3) is 0 Å². The van der Waals surface area contributed by atoms with Crippen LogP contribution in [0.15, 0.2) is 83.8 Å². The van der Waals surface area contributed by atoms with Gasteiger partial charge in [-0.15, -0.1) is 11.6 Å². The van der Waals surface area contributed by atoms with Crippen LogP contribution in [0.25, 0.3) is 0 Å². The molecule has 0 amide bonds. The minimum atomic E-state index is -3.93. The summed E-state index contributed by atoms with van der Waals surface area (Å²) in [5.41, 5.74) is 1.55. The van der Waals surface area contributed by atoms with E-state index in [0.29, 0.717) is 5.02 Å². The molecule has 0 saturated carbocycles. The Morgan fingerprint density at radius 3 is 1.89 bits per heavy atom. The third kappa shape index (κ3) is 4.84. The molecule has 0 heterocycles. The van der Waals surface area contributed by atoms with Gasteiger partial charge in [-0.3, -0.25) is 0 Å². The summed E-state index contributed by atoms with van der Waals surface area (Å²) >= 11 is 18.7. The second-order valence-corrected chi connectivity index (χ2v) is 8.89. The van der Waals surface area contributed by atoms with Gasteiger partial charge < -0.3 is 0 Å². The largest absolute Gasteiger partial charge is 0.242 e. The van der Waals surface area contributed by atoms with Gasteiger partial charge in [-0.2, -0.15) is 0 Å². The Bertz CT molecular complexity index is 1010. The first-order valence-corrected chi connectivity index (χ1v) is 10.8. The van der Waals surface area contributed by atoms with E-state index in [0.717, 1.165) is 11.1 Å². The van der Waals surface area contributed by atoms with Crippen LogP contribution in [0.3, 0.4) is 0 Å². The highest BCUT2D eigenvalue weighted by Gasteiger charge is 2.29. The quantitative estimate of drug-likeness (QED) is 0.478. The van der Waals surface area contributed by atoms with Crippen LogP contribution in [0.2, 0.25) is 10.0 Å². The van der Waals surface area contributed by atoms with Gasteiger partial charge in [-0.05, 0) is 29.3 Å². The van der Waals surface area contributed by atoms with Crippen molar-refractivity contribution in [1.82, 2.24) is 4.72 Å². The molecule has 0 radical (unpaired) electrons. The van der Waals surface area contributed by atoms with Crippen molar-refractivity contribution in [3.05, 3.63) is 100 Å². The van der Waals surface area contributed by atoms with Crippen molar-refractivity contribution in [2.45, 2.75) is 16.3 Å². The molecule has 140 valence electrons. The van der Waals surface area contributed by atoms with Gasteiger partial charge in [-0.25, -0.2) is 13.1 Å². The molecule has 1 N–H and O–H groups in total. The van der Waals surface area contributed by atoms with E-state index in [-0.39, 0.29) is 9.92 Å². The summed E-state index contributed by atoms with van der Waals surface area (Å²) in [6.45, 7) is 0. The van der Waals surface area contributed by atoms with Crippen molar-refractivity contribution in [2.24, 2.45) is 0 Å². The molecule has 0 saturated heterocycles. The first-order valence-electron chi connectivity index (χ1n) is 8.10. The van der Waals surface area contributed by atoms with Gasteiger partial charge in [0, 0.05) is 5.02 Å². The highest BCUT2D eigenvalue weighted by Crippen LogP contribution is 2.36. The summed E-state index contributed by atoms with van der Waals surface area (Å²) in [6, 6.07) is 22.1. The fraction of sp³-hybridized carbons (Fsp3) is 0.100. The zero-order valence-corrected chi connectivity index (χ0v) is 17.1. The third-order valence-electron chi connectivity index (χ3n) is 4.03. The summed E-state index contributed by atoms with van der Waals surface area (Å²) in [4.78, 5) is -0.0496. The van der Waals surface area contributed by atoms with E-state index < -0.39 is 21.4 Å². The molecule has 2 atom stereocenters. The van der Waals surface area contributed by atoms with Crippen molar-refractivity contribution in [1.29, 1.82) is 0 Å². The average molecular weight is 441 g/mol. The van der Waals surface area contributed by atoms with Crippen LogP contribution in [0.5, 0.6) is 0 Å². The fourth-order valence-electron chi connectivity index (χ4n) is 2.71. The molecule has 3 aromatic rings. The van der Waals surface area contributed by atoms with Crippen LogP contribution in [0.1, 0.15) is 22.5 Å². The Kier molecular flexibility index (Phi) is 6.45. The standard InChI is InChI=1S/C20H16Cl3NO2S/c21-16-11-12-18(17(22)13-16)27(25,26)24-20(15-9-5-2-6-10-15)19(23)14-7-3-1-4-8-14/h1-13,19-20,24H/t19-,20+/m1/s1. The Balaban J connectivity index is 2.01. The number of rotatable bonds is 6.